The Morgan fingerprint density at radius 2 is 1.83 bits per heavy atom. The third-order valence-electron chi connectivity index (χ3n) is 4.18. The van der Waals surface area contributed by atoms with Crippen molar-refractivity contribution in [3.8, 4) is 22.8 Å². The molecule has 3 aromatic rings. The van der Waals surface area contributed by atoms with Crippen molar-refractivity contribution in [3.05, 3.63) is 76.0 Å². The van der Waals surface area contributed by atoms with Gasteiger partial charge >= 0.3 is 0 Å². The van der Waals surface area contributed by atoms with Gasteiger partial charge in [0.15, 0.2) is 11.5 Å². The fraction of sp³-hybridized carbons (Fsp3) is 0.143. The molecule has 0 unspecified atom stereocenters. The molecule has 0 saturated carbocycles. The number of methoxy groups -OCH3 is 2. The van der Waals surface area contributed by atoms with Crippen LogP contribution < -0.4 is 14.9 Å². The number of nitro groups is 1. The predicted molar refractivity (Wildman–Crippen MR) is 110 cm³/mol. The molecule has 0 fully saturated rings. The molecule has 30 heavy (non-hydrogen) atoms. The second kappa shape index (κ2) is 9.37. The first-order chi connectivity index (χ1) is 14.5. The number of hydrogen-bond donors (Lipinski definition) is 1. The predicted octanol–water partition coefficient (Wildman–Crippen LogP) is 3.56. The van der Waals surface area contributed by atoms with E-state index in [0.29, 0.717) is 28.6 Å². The summed E-state index contributed by atoms with van der Waals surface area (Å²) in [5, 5.41) is 14.6. The van der Waals surface area contributed by atoms with Crippen molar-refractivity contribution in [3.63, 3.8) is 0 Å². The summed E-state index contributed by atoms with van der Waals surface area (Å²) in [7, 11) is 3.07. The van der Waals surface area contributed by atoms with E-state index in [1.165, 1.54) is 25.5 Å². The average Bonchev–Trinajstić information content (AvgIpc) is 3.22. The van der Waals surface area contributed by atoms with Crippen molar-refractivity contribution in [2.24, 2.45) is 5.10 Å². The largest absolute Gasteiger partial charge is 0.493 e. The number of nitro benzene ring substituents is 1. The van der Waals surface area contributed by atoms with Gasteiger partial charge in [-0.25, -0.2) is 5.43 Å². The standard InChI is InChI=1S/C21H19N3O6/c1-28-19-9-3-14(11-20(19)29-2)12-21(25)23-22-13-17-8-10-18(30-17)15-4-6-16(7-5-15)24(26)27/h3-11,13H,12H2,1-2H3,(H,23,25). The van der Waals surface area contributed by atoms with E-state index in [9.17, 15) is 14.9 Å². The number of hydrazone groups is 1. The third kappa shape index (κ3) is 5.02. The molecule has 9 heteroatoms. The van der Waals surface area contributed by atoms with Gasteiger partial charge in [0, 0.05) is 17.7 Å². The number of amides is 1. The van der Waals surface area contributed by atoms with E-state index in [1.54, 1.807) is 49.6 Å². The Hall–Kier alpha value is -4.14. The molecule has 0 aliphatic rings. The SMILES string of the molecule is COc1ccc(CC(=O)NN=Cc2ccc(-c3ccc([N+](=O)[O-])cc3)o2)cc1OC. The highest BCUT2D eigenvalue weighted by Crippen LogP contribution is 2.27. The summed E-state index contributed by atoms with van der Waals surface area (Å²) in [6.45, 7) is 0. The lowest BCUT2D eigenvalue weighted by Gasteiger charge is -2.09. The lowest BCUT2D eigenvalue weighted by molar-refractivity contribution is -0.384. The molecule has 0 aliphatic heterocycles. The number of benzene rings is 2. The average molecular weight is 409 g/mol. The topological polar surface area (TPSA) is 116 Å². The molecule has 1 amide bonds. The Bertz CT molecular complexity index is 1070. The Morgan fingerprint density at radius 3 is 2.50 bits per heavy atom. The second-order valence-electron chi connectivity index (χ2n) is 6.17. The van der Waals surface area contributed by atoms with Crippen LogP contribution in [0.3, 0.4) is 0 Å². The summed E-state index contributed by atoms with van der Waals surface area (Å²) in [5.41, 5.74) is 3.88. The first kappa shape index (κ1) is 20.6. The van der Waals surface area contributed by atoms with E-state index >= 15 is 0 Å². The van der Waals surface area contributed by atoms with Crippen molar-refractivity contribution in [2.45, 2.75) is 6.42 Å². The number of hydrogen-bond acceptors (Lipinski definition) is 7. The highest BCUT2D eigenvalue weighted by atomic mass is 16.6. The van der Waals surface area contributed by atoms with E-state index in [-0.39, 0.29) is 18.0 Å². The zero-order chi connectivity index (χ0) is 21.5. The summed E-state index contributed by atoms with van der Waals surface area (Å²) in [4.78, 5) is 22.3. The van der Waals surface area contributed by atoms with Crippen molar-refractivity contribution in [1.29, 1.82) is 0 Å². The second-order valence-corrected chi connectivity index (χ2v) is 6.17. The van der Waals surface area contributed by atoms with Crippen LogP contribution in [0.1, 0.15) is 11.3 Å². The Labute approximate surface area is 172 Å². The summed E-state index contributed by atoms with van der Waals surface area (Å²) in [5.74, 6) is 1.78. The smallest absolute Gasteiger partial charge is 0.269 e. The van der Waals surface area contributed by atoms with E-state index in [1.807, 2.05) is 0 Å². The van der Waals surface area contributed by atoms with Crippen molar-refractivity contribution in [1.82, 2.24) is 5.43 Å². The third-order valence-corrected chi connectivity index (χ3v) is 4.18. The minimum absolute atomic E-state index is 0.00397. The molecule has 0 saturated heterocycles. The lowest BCUT2D eigenvalue weighted by Crippen LogP contribution is -2.19. The van der Waals surface area contributed by atoms with Crippen molar-refractivity contribution in [2.75, 3.05) is 14.2 Å². The highest BCUT2D eigenvalue weighted by molar-refractivity contribution is 5.82. The number of carbonyl (C=O) groups is 1. The highest BCUT2D eigenvalue weighted by Gasteiger charge is 2.09. The molecule has 0 bridgehead atoms. The Balaban J connectivity index is 1.58. The molecule has 0 radical (unpaired) electrons. The van der Waals surface area contributed by atoms with Gasteiger partial charge in [-0.05, 0) is 42.0 Å². The van der Waals surface area contributed by atoms with Gasteiger partial charge in [0.05, 0.1) is 31.8 Å². The van der Waals surface area contributed by atoms with E-state index < -0.39 is 4.92 Å². The molecule has 1 N–H and O–H groups in total. The van der Waals surface area contributed by atoms with E-state index in [4.69, 9.17) is 13.9 Å². The van der Waals surface area contributed by atoms with Crippen LogP contribution in [0.25, 0.3) is 11.3 Å². The Kier molecular flexibility index (Phi) is 6.43. The van der Waals surface area contributed by atoms with Gasteiger partial charge < -0.3 is 13.9 Å². The summed E-state index contributed by atoms with van der Waals surface area (Å²) in [6, 6.07) is 14.6. The van der Waals surface area contributed by atoms with Gasteiger partial charge in [-0.3, -0.25) is 14.9 Å². The molecule has 1 aromatic heterocycles. The minimum Gasteiger partial charge on any atom is -0.493 e. The van der Waals surface area contributed by atoms with Gasteiger partial charge in [-0.1, -0.05) is 6.07 Å². The normalized spacial score (nSPS) is 10.7. The number of nitrogens with one attached hydrogen (secondary N) is 1. The molecule has 0 atom stereocenters. The molecule has 2 aromatic carbocycles. The number of furan rings is 1. The quantitative estimate of drug-likeness (QED) is 0.345. The summed E-state index contributed by atoms with van der Waals surface area (Å²) in [6.07, 6.45) is 1.49. The monoisotopic (exact) mass is 409 g/mol. The number of ether oxygens (including phenoxy) is 2. The molecule has 154 valence electrons. The Morgan fingerprint density at radius 1 is 1.10 bits per heavy atom. The molecular weight excluding hydrogens is 390 g/mol. The zero-order valence-corrected chi connectivity index (χ0v) is 16.3. The van der Waals surface area contributed by atoms with E-state index in [0.717, 1.165) is 5.56 Å². The molecule has 0 aliphatic carbocycles. The molecule has 9 nitrogen and oxygen atoms in total. The molecule has 3 rings (SSSR count). The maximum absolute atomic E-state index is 12.1. The van der Waals surface area contributed by atoms with Crippen LogP contribution in [-0.2, 0) is 11.2 Å². The fourth-order valence-corrected chi connectivity index (χ4v) is 2.71. The minimum atomic E-state index is -0.464. The van der Waals surface area contributed by atoms with Gasteiger partial charge in [-0.15, -0.1) is 0 Å². The summed E-state index contributed by atoms with van der Waals surface area (Å²) < 4.78 is 16.0. The molecule has 0 spiro atoms. The maximum Gasteiger partial charge on any atom is 0.269 e. The van der Waals surface area contributed by atoms with Crippen molar-refractivity contribution >= 4 is 17.8 Å². The summed E-state index contributed by atoms with van der Waals surface area (Å²) >= 11 is 0. The van der Waals surface area contributed by atoms with Crippen LogP contribution in [0, 0.1) is 10.1 Å². The van der Waals surface area contributed by atoms with Gasteiger partial charge in [0.2, 0.25) is 5.91 Å². The number of non-ortho nitro benzene ring substituents is 1. The van der Waals surface area contributed by atoms with Crippen LogP contribution in [0.5, 0.6) is 11.5 Å². The number of carbonyl (C=O) groups excluding carboxylic acids is 1. The first-order valence-electron chi connectivity index (χ1n) is 8.87. The lowest BCUT2D eigenvalue weighted by atomic mass is 10.1. The first-order valence-corrected chi connectivity index (χ1v) is 8.87. The van der Waals surface area contributed by atoms with Crippen LogP contribution in [0.4, 0.5) is 5.69 Å². The number of nitrogens with zero attached hydrogens (tertiary/aromatic N) is 2. The maximum atomic E-state index is 12.1. The van der Waals surface area contributed by atoms with Crippen LogP contribution >= 0.6 is 0 Å². The zero-order valence-electron chi connectivity index (χ0n) is 16.3. The molecular formula is C21H19N3O6. The van der Waals surface area contributed by atoms with Crippen LogP contribution in [0.2, 0.25) is 0 Å². The van der Waals surface area contributed by atoms with Gasteiger partial charge in [0.1, 0.15) is 11.5 Å². The van der Waals surface area contributed by atoms with Crippen LogP contribution in [0.15, 0.2) is 64.1 Å². The van der Waals surface area contributed by atoms with E-state index in [2.05, 4.69) is 10.5 Å². The number of rotatable bonds is 8. The fourth-order valence-electron chi connectivity index (χ4n) is 2.71. The van der Waals surface area contributed by atoms with Gasteiger partial charge in [0.25, 0.3) is 5.69 Å². The van der Waals surface area contributed by atoms with Crippen LogP contribution in [-0.4, -0.2) is 31.3 Å². The van der Waals surface area contributed by atoms with Crippen molar-refractivity contribution < 1.29 is 23.6 Å². The molecule has 1 heterocycles. The van der Waals surface area contributed by atoms with Gasteiger partial charge in [-0.2, -0.15) is 5.10 Å².